The third-order valence-electron chi connectivity index (χ3n) is 3.28. The Morgan fingerprint density at radius 2 is 2.00 bits per heavy atom. The van der Waals surface area contributed by atoms with Gasteiger partial charge in [-0.25, -0.2) is 0 Å². The number of nitrogens with zero attached hydrogens (tertiary/aromatic N) is 1. The summed E-state index contributed by atoms with van der Waals surface area (Å²) in [5.74, 6) is -0.863. The van der Waals surface area contributed by atoms with E-state index in [0.717, 1.165) is 10.5 Å². The molecule has 1 N–H and O–H groups in total. The third-order valence-corrected chi connectivity index (χ3v) is 3.28. The molecule has 0 fully saturated rings. The zero-order valence-corrected chi connectivity index (χ0v) is 9.75. The number of anilines is 1. The molecule has 0 aromatic heterocycles. The summed E-state index contributed by atoms with van der Waals surface area (Å²) in [5.41, 5.74) is -0.236. The molecule has 2 heterocycles. The van der Waals surface area contributed by atoms with Crippen LogP contribution in [0.2, 0.25) is 0 Å². The average Bonchev–Trinajstić information content (AvgIpc) is 2.47. The van der Waals surface area contributed by atoms with Gasteiger partial charge < -0.3 is 5.11 Å². The van der Waals surface area contributed by atoms with Crippen LogP contribution >= 0.6 is 0 Å². The van der Waals surface area contributed by atoms with Gasteiger partial charge in [0, 0.05) is 11.6 Å². The van der Waals surface area contributed by atoms with E-state index >= 15 is 0 Å². The molecular formula is C14H11NO3. The van der Waals surface area contributed by atoms with Crippen LogP contribution in [0.4, 0.5) is 5.69 Å². The molecule has 4 nitrogen and oxygen atoms in total. The molecule has 1 unspecified atom stereocenters. The Bertz CT molecular complexity index is 630. The smallest absolute Gasteiger partial charge is 0.253 e. The van der Waals surface area contributed by atoms with Crippen molar-refractivity contribution < 1.29 is 14.7 Å². The van der Waals surface area contributed by atoms with Crippen LogP contribution in [0.15, 0.2) is 42.5 Å². The van der Waals surface area contributed by atoms with Gasteiger partial charge in [-0.1, -0.05) is 24.3 Å². The molecular weight excluding hydrogens is 230 g/mol. The number of benzene rings is 1. The number of para-hydroxylation sites is 1. The quantitative estimate of drug-likeness (QED) is 0.745. The first-order valence-electron chi connectivity index (χ1n) is 5.62. The second-order valence-corrected chi connectivity index (χ2v) is 4.42. The standard InChI is InChI=1S/C14H11NO3/c1-9-5-4-6-10-12(9)15-11(16)7-2-3-8-14(15,18)13(10)17/h2-8,18H,1H3. The highest BCUT2D eigenvalue weighted by atomic mass is 16.3. The van der Waals surface area contributed by atoms with Crippen LogP contribution in [0.25, 0.3) is 0 Å². The highest BCUT2D eigenvalue weighted by Gasteiger charge is 2.51. The zero-order chi connectivity index (χ0) is 12.9. The molecule has 0 aliphatic carbocycles. The van der Waals surface area contributed by atoms with Crippen molar-refractivity contribution in [2.45, 2.75) is 12.6 Å². The Morgan fingerprint density at radius 1 is 1.22 bits per heavy atom. The number of fused-ring (bicyclic) bond motifs is 3. The maximum absolute atomic E-state index is 12.3. The maximum Gasteiger partial charge on any atom is 0.253 e. The first-order valence-corrected chi connectivity index (χ1v) is 5.62. The zero-order valence-electron chi connectivity index (χ0n) is 9.75. The number of carbonyl (C=O) groups is 2. The van der Waals surface area contributed by atoms with E-state index in [1.54, 1.807) is 12.1 Å². The summed E-state index contributed by atoms with van der Waals surface area (Å²) in [6.07, 6.45) is 5.71. The van der Waals surface area contributed by atoms with Gasteiger partial charge in [-0.2, -0.15) is 0 Å². The fourth-order valence-corrected chi connectivity index (χ4v) is 2.44. The van der Waals surface area contributed by atoms with Gasteiger partial charge >= 0.3 is 0 Å². The first-order chi connectivity index (χ1) is 8.55. The fraction of sp³-hybridized carbons (Fsp3) is 0.143. The molecule has 1 amide bonds. The van der Waals surface area contributed by atoms with Gasteiger partial charge in [0.05, 0.1) is 5.69 Å². The molecule has 1 aromatic rings. The lowest BCUT2D eigenvalue weighted by Crippen LogP contribution is -2.51. The molecule has 0 bridgehead atoms. The molecule has 90 valence electrons. The number of aliphatic hydroxyl groups is 1. The SMILES string of the molecule is Cc1cccc2c1N1C(=O)C=CC=CC1(O)C2=O. The second kappa shape index (κ2) is 3.40. The number of Topliss-reactive ketones (excluding diaryl/α,β-unsaturated/α-hetero) is 1. The van der Waals surface area contributed by atoms with Crippen molar-refractivity contribution in [2.75, 3.05) is 4.90 Å². The predicted octanol–water partition coefficient (Wildman–Crippen LogP) is 1.34. The number of hydrogen-bond acceptors (Lipinski definition) is 3. The molecule has 0 spiro atoms. The fourth-order valence-electron chi connectivity index (χ4n) is 2.44. The highest BCUT2D eigenvalue weighted by molar-refractivity contribution is 6.23. The van der Waals surface area contributed by atoms with Crippen LogP contribution in [-0.2, 0) is 4.79 Å². The molecule has 0 saturated heterocycles. The summed E-state index contributed by atoms with van der Waals surface area (Å²) in [6, 6.07) is 5.18. The van der Waals surface area contributed by atoms with Gasteiger partial charge in [0.1, 0.15) is 0 Å². The van der Waals surface area contributed by atoms with E-state index < -0.39 is 17.4 Å². The number of rotatable bonds is 0. The van der Waals surface area contributed by atoms with Crippen LogP contribution in [0.3, 0.4) is 0 Å². The van der Waals surface area contributed by atoms with E-state index in [0.29, 0.717) is 11.3 Å². The van der Waals surface area contributed by atoms with Crippen molar-refractivity contribution >= 4 is 17.4 Å². The topological polar surface area (TPSA) is 57.6 Å². The Kier molecular flexibility index (Phi) is 2.06. The van der Waals surface area contributed by atoms with Crippen LogP contribution in [0.1, 0.15) is 15.9 Å². The summed E-state index contributed by atoms with van der Waals surface area (Å²) < 4.78 is 0. The molecule has 3 rings (SSSR count). The van der Waals surface area contributed by atoms with E-state index in [1.807, 2.05) is 13.0 Å². The average molecular weight is 241 g/mol. The first kappa shape index (κ1) is 10.9. The summed E-state index contributed by atoms with van der Waals surface area (Å²) in [5, 5.41) is 10.5. The van der Waals surface area contributed by atoms with Crippen molar-refractivity contribution in [1.82, 2.24) is 0 Å². The summed E-state index contributed by atoms with van der Waals surface area (Å²) in [6.45, 7) is 1.81. The highest BCUT2D eigenvalue weighted by Crippen LogP contribution is 2.41. The van der Waals surface area contributed by atoms with E-state index in [4.69, 9.17) is 0 Å². The molecule has 0 saturated carbocycles. The van der Waals surface area contributed by atoms with Gasteiger partial charge in [-0.15, -0.1) is 0 Å². The normalized spacial score (nSPS) is 25.1. The lowest BCUT2D eigenvalue weighted by molar-refractivity contribution is -0.116. The lowest BCUT2D eigenvalue weighted by atomic mass is 10.0. The predicted molar refractivity (Wildman–Crippen MR) is 66.2 cm³/mol. The maximum atomic E-state index is 12.3. The van der Waals surface area contributed by atoms with Gasteiger partial charge in [0.25, 0.3) is 5.91 Å². The number of carbonyl (C=O) groups excluding carboxylic acids is 2. The third kappa shape index (κ3) is 1.18. The molecule has 1 atom stereocenters. The van der Waals surface area contributed by atoms with Crippen LogP contribution < -0.4 is 4.90 Å². The minimum Gasteiger partial charge on any atom is -0.361 e. The van der Waals surface area contributed by atoms with E-state index in [9.17, 15) is 14.7 Å². The van der Waals surface area contributed by atoms with Gasteiger partial charge in [0.2, 0.25) is 11.5 Å². The van der Waals surface area contributed by atoms with Crippen molar-refractivity contribution in [2.24, 2.45) is 0 Å². The van der Waals surface area contributed by atoms with Crippen molar-refractivity contribution in [3.63, 3.8) is 0 Å². The number of allylic oxidation sites excluding steroid dienone is 2. The van der Waals surface area contributed by atoms with Gasteiger partial charge in [-0.3, -0.25) is 14.5 Å². The second-order valence-electron chi connectivity index (χ2n) is 4.42. The van der Waals surface area contributed by atoms with Gasteiger partial charge in [0.15, 0.2) is 0 Å². The van der Waals surface area contributed by atoms with Crippen LogP contribution in [0.5, 0.6) is 0 Å². The van der Waals surface area contributed by atoms with E-state index in [2.05, 4.69) is 0 Å². The Labute approximate surface area is 104 Å². The van der Waals surface area contributed by atoms with E-state index in [1.165, 1.54) is 24.3 Å². The molecule has 2 aliphatic heterocycles. The monoisotopic (exact) mass is 241 g/mol. The Hall–Kier alpha value is -2.20. The van der Waals surface area contributed by atoms with Crippen molar-refractivity contribution in [3.8, 4) is 0 Å². The summed E-state index contributed by atoms with van der Waals surface area (Å²) in [4.78, 5) is 25.5. The number of aryl methyl sites for hydroxylation is 1. The van der Waals surface area contributed by atoms with Gasteiger partial charge in [-0.05, 0) is 24.6 Å². The minimum atomic E-state index is -1.89. The Balaban J connectivity index is 2.34. The molecule has 18 heavy (non-hydrogen) atoms. The number of ketones is 1. The number of amides is 1. The molecule has 4 heteroatoms. The van der Waals surface area contributed by atoms with Crippen molar-refractivity contribution in [3.05, 3.63) is 53.6 Å². The van der Waals surface area contributed by atoms with Crippen LogP contribution in [-0.4, -0.2) is 22.5 Å². The largest absolute Gasteiger partial charge is 0.361 e. The summed E-state index contributed by atoms with van der Waals surface area (Å²) in [7, 11) is 0. The minimum absolute atomic E-state index is 0.380. The van der Waals surface area contributed by atoms with Crippen molar-refractivity contribution in [1.29, 1.82) is 0 Å². The molecule has 0 radical (unpaired) electrons. The Morgan fingerprint density at radius 3 is 2.78 bits per heavy atom. The van der Waals surface area contributed by atoms with E-state index in [-0.39, 0.29) is 0 Å². The number of hydrogen-bond donors (Lipinski definition) is 1. The summed E-state index contributed by atoms with van der Waals surface area (Å²) >= 11 is 0. The van der Waals surface area contributed by atoms with Crippen LogP contribution in [0, 0.1) is 6.92 Å². The lowest BCUT2D eigenvalue weighted by Gasteiger charge is -2.28. The molecule has 1 aromatic carbocycles. The molecule has 2 aliphatic rings.